The third-order valence-corrected chi connectivity index (χ3v) is 6.01. The summed E-state index contributed by atoms with van der Waals surface area (Å²) in [5.74, 6) is 4.71. The molecule has 0 fully saturated rings. The molecule has 0 amide bonds. The highest BCUT2D eigenvalue weighted by Gasteiger charge is 2.08. The molecule has 0 N–H and O–H groups in total. The molecule has 0 unspecified atom stereocenters. The average molecular weight is 457 g/mol. The van der Waals surface area contributed by atoms with Crippen LogP contribution in [0.5, 0.6) is 0 Å². The predicted molar refractivity (Wildman–Crippen MR) is 134 cm³/mol. The van der Waals surface area contributed by atoms with Crippen molar-refractivity contribution in [2.75, 3.05) is 0 Å². The Morgan fingerprint density at radius 3 is 2.36 bits per heavy atom. The van der Waals surface area contributed by atoms with Crippen molar-refractivity contribution in [2.24, 2.45) is 0 Å². The zero-order valence-electron chi connectivity index (χ0n) is 18.2. The van der Waals surface area contributed by atoms with Crippen LogP contribution in [0.15, 0.2) is 85.5 Å². The van der Waals surface area contributed by atoms with Crippen molar-refractivity contribution in [2.45, 2.75) is 25.7 Å². The molecule has 0 saturated heterocycles. The molecule has 4 rings (SSSR count). The van der Waals surface area contributed by atoms with Gasteiger partial charge in [-0.2, -0.15) is 0 Å². The van der Waals surface area contributed by atoms with E-state index in [4.69, 9.17) is 11.6 Å². The van der Waals surface area contributed by atoms with Crippen LogP contribution in [-0.2, 0) is 19.3 Å². The highest BCUT2D eigenvalue weighted by molar-refractivity contribution is 6.30. The summed E-state index contributed by atoms with van der Waals surface area (Å²) in [6.45, 7) is 3.82. The van der Waals surface area contributed by atoms with Crippen LogP contribution in [0.4, 0.5) is 8.78 Å². The summed E-state index contributed by atoms with van der Waals surface area (Å²) in [5, 5.41) is 1.40. The Morgan fingerprint density at radius 2 is 1.61 bits per heavy atom. The molecule has 0 bridgehead atoms. The van der Waals surface area contributed by atoms with E-state index in [-0.39, 0.29) is 16.4 Å². The van der Waals surface area contributed by atoms with Crippen LogP contribution in [0, 0.1) is 23.5 Å². The molecule has 0 heterocycles. The second-order valence-electron chi connectivity index (χ2n) is 7.96. The Bertz CT molecular complexity index is 1380. The summed E-state index contributed by atoms with van der Waals surface area (Å²) < 4.78 is 28.7. The Balaban J connectivity index is 1.53. The van der Waals surface area contributed by atoms with Gasteiger partial charge in [0.1, 0.15) is 11.6 Å². The molecule has 0 atom stereocenters. The summed E-state index contributed by atoms with van der Waals surface area (Å²) >= 11 is 5.70. The first kappa shape index (κ1) is 22.8. The number of hydrogen-bond donors (Lipinski definition) is 0. The zero-order valence-corrected chi connectivity index (χ0v) is 18.9. The molecule has 0 radical (unpaired) electrons. The van der Waals surface area contributed by atoms with E-state index in [1.54, 1.807) is 12.1 Å². The van der Waals surface area contributed by atoms with Crippen molar-refractivity contribution in [1.82, 2.24) is 0 Å². The van der Waals surface area contributed by atoms with Crippen molar-refractivity contribution in [3.8, 4) is 11.8 Å². The molecular weight excluding hydrogens is 434 g/mol. The maximum Gasteiger partial charge on any atom is 0.146 e. The van der Waals surface area contributed by atoms with Crippen LogP contribution >= 0.6 is 11.6 Å². The van der Waals surface area contributed by atoms with E-state index in [0.29, 0.717) is 10.9 Å². The molecule has 0 aromatic heterocycles. The fourth-order valence-electron chi connectivity index (χ4n) is 3.89. The Kier molecular flexibility index (Phi) is 7.23. The predicted octanol–water partition coefficient (Wildman–Crippen LogP) is 8.08. The fraction of sp³-hybridized carbons (Fsp3) is 0.133. The number of allylic oxidation sites excluding steroid dienone is 1. The van der Waals surface area contributed by atoms with Gasteiger partial charge in [-0.15, -0.1) is 6.58 Å². The van der Waals surface area contributed by atoms with Crippen molar-refractivity contribution in [3.05, 3.63) is 130 Å². The van der Waals surface area contributed by atoms with Gasteiger partial charge in [0.2, 0.25) is 0 Å². The SMILES string of the molecule is C=CCCc1ccccc1CCc1ccc2c(F)c(C#Cc3ccc(Cl)c(F)c3)ccc2c1. The molecule has 0 aliphatic carbocycles. The van der Waals surface area contributed by atoms with E-state index in [2.05, 4.69) is 42.7 Å². The van der Waals surface area contributed by atoms with Crippen molar-refractivity contribution < 1.29 is 8.78 Å². The van der Waals surface area contributed by atoms with Crippen molar-refractivity contribution >= 4 is 22.4 Å². The van der Waals surface area contributed by atoms with E-state index in [9.17, 15) is 4.39 Å². The first-order valence-electron chi connectivity index (χ1n) is 10.9. The van der Waals surface area contributed by atoms with Gasteiger partial charge in [0.05, 0.1) is 10.6 Å². The van der Waals surface area contributed by atoms with Crippen LogP contribution in [0.25, 0.3) is 10.8 Å². The molecule has 3 heteroatoms. The van der Waals surface area contributed by atoms with E-state index < -0.39 is 5.82 Å². The molecule has 0 saturated carbocycles. The lowest BCUT2D eigenvalue weighted by molar-refractivity contribution is 0.628. The van der Waals surface area contributed by atoms with Gasteiger partial charge in [-0.3, -0.25) is 0 Å². The standard InChI is InChI=1S/C30H23ClF2/c1-2-3-6-23-7-4-5-8-24(23)13-9-21-11-17-27-26(19-21)16-15-25(30(27)33)14-10-22-12-18-28(31)29(32)20-22/h2,4-5,7-8,11-12,15-20H,1,3,6,9,13H2. The molecule has 164 valence electrons. The van der Waals surface area contributed by atoms with Crippen LogP contribution < -0.4 is 0 Å². The molecule has 0 spiro atoms. The molecule has 4 aromatic carbocycles. The number of hydrogen-bond acceptors (Lipinski definition) is 0. The second-order valence-corrected chi connectivity index (χ2v) is 8.36. The Labute approximate surface area is 198 Å². The first-order chi connectivity index (χ1) is 16.0. The molecule has 33 heavy (non-hydrogen) atoms. The van der Waals surface area contributed by atoms with Gasteiger partial charge in [-0.05, 0) is 72.0 Å². The van der Waals surface area contributed by atoms with Crippen molar-refractivity contribution in [3.63, 3.8) is 0 Å². The lowest BCUT2D eigenvalue weighted by Gasteiger charge is -2.10. The number of fused-ring (bicyclic) bond motifs is 1. The number of aryl methyl sites for hydroxylation is 3. The summed E-state index contributed by atoms with van der Waals surface area (Å²) in [6, 6.07) is 22.2. The Morgan fingerprint density at radius 1 is 0.818 bits per heavy atom. The lowest BCUT2D eigenvalue weighted by Crippen LogP contribution is -1.97. The van der Waals surface area contributed by atoms with Gasteiger partial charge in [-0.1, -0.05) is 78.0 Å². The topological polar surface area (TPSA) is 0 Å². The number of halogens is 3. The minimum atomic E-state index is -0.543. The van der Waals surface area contributed by atoms with Gasteiger partial charge < -0.3 is 0 Å². The minimum absolute atomic E-state index is 0.0356. The summed E-state index contributed by atoms with van der Waals surface area (Å²) in [4.78, 5) is 0. The van der Waals surface area contributed by atoms with E-state index in [1.807, 2.05) is 30.3 Å². The van der Waals surface area contributed by atoms with Gasteiger partial charge in [-0.25, -0.2) is 8.78 Å². The van der Waals surface area contributed by atoms with Crippen LogP contribution in [0.3, 0.4) is 0 Å². The summed E-state index contributed by atoms with van der Waals surface area (Å²) in [5.41, 5.74) is 4.58. The maximum atomic E-state index is 15.1. The monoisotopic (exact) mass is 456 g/mol. The van der Waals surface area contributed by atoms with Gasteiger partial charge >= 0.3 is 0 Å². The third-order valence-electron chi connectivity index (χ3n) is 5.70. The lowest BCUT2D eigenvalue weighted by atomic mass is 9.96. The zero-order chi connectivity index (χ0) is 23.2. The molecule has 0 nitrogen and oxygen atoms in total. The fourth-order valence-corrected chi connectivity index (χ4v) is 4.01. The Hall–Kier alpha value is -3.41. The van der Waals surface area contributed by atoms with Crippen LogP contribution in [-0.4, -0.2) is 0 Å². The smallest absolute Gasteiger partial charge is 0.146 e. The third kappa shape index (κ3) is 5.51. The molecule has 4 aromatic rings. The van der Waals surface area contributed by atoms with Gasteiger partial charge in [0, 0.05) is 10.9 Å². The highest BCUT2D eigenvalue weighted by atomic mass is 35.5. The first-order valence-corrected chi connectivity index (χ1v) is 11.3. The van der Waals surface area contributed by atoms with E-state index in [0.717, 1.165) is 36.6 Å². The van der Waals surface area contributed by atoms with Gasteiger partial charge in [0.25, 0.3) is 0 Å². The van der Waals surface area contributed by atoms with E-state index in [1.165, 1.54) is 23.3 Å². The molecule has 0 aliphatic rings. The second kappa shape index (κ2) is 10.5. The highest BCUT2D eigenvalue weighted by Crippen LogP contribution is 2.24. The van der Waals surface area contributed by atoms with Crippen LogP contribution in [0.1, 0.15) is 34.2 Å². The molecule has 0 aliphatic heterocycles. The minimum Gasteiger partial charge on any atom is -0.205 e. The summed E-state index contributed by atoms with van der Waals surface area (Å²) in [7, 11) is 0. The quantitative estimate of drug-likeness (QED) is 0.203. The van der Waals surface area contributed by atoms with Crippen molar-refractivity contribution in [1.29, 1.82) is 0 Å². The van der Waals surface area contributed by atoms with Gasteiger partial charge in [0.15, 0.2) is 0 Å². The number of rotatable bonds is 6. The van der Waals surface area contributed by atoms with Crippen LogP contribution in [0.2, 0.25) is 5.02 Å². The maximum absolute atomic E-state index is 15.1. The normalized spacial score (nSPS) is 10.6. The van der Waals surface area contributed by atoms with E-state index >= 15 is 4.39 Å². The molecular formula is C30H23ClF2. The number of benzene rings is 4. The average Bonchev–Trinajstić information content (AvgIpc) is 2.83. The summed E-state index contributed by atoms with van der Waals surface area (Å²) in [6.07, 6.45) is 5.72. The largest absolute Gasteiger partial charge is 0.205 e.